The Kier molecular flexibility index (Phi) is 6.82. The Balaban J connectivity index is 1.66. The molecule has 0 spiro atoms. The van der Waals surface area contributed by atoms with Crippen LogP contribution in [-0.2, 0) is 22.6 Å². The van der Waals surface area contributed by atoms with Crippen molar-refractivity contribution in [2.75, 3.05) is 27.2 Å². The molecule has 25 heavy (non-hydrogen) atoms. The molecule has 0 saturated carbocycles. The third-order valence-electron chi connectivity index (χ3n) is 4.51. The summed E-state index contributed by atoms with van der Waals surface area (Å²) in [7, 11) is 3.43. The fourth-order valence-corrected chi connectivity index (χ4v) is 2.70. The highest BCUT2D eigenvalue weighted by molar-refractivity contribution is 5.80. The first-order chi connectivity index (χ1) is 11.9. The molecule has 1 aliphatic heterocycles. The number of amides is 1. The number of hydrogen-bond donors (Lipinski definition) is 2. The van der Waals surface area contributed by atoms with Crippen molar-refractivity contribution in [3.63, 3.8) is 0 Å². The topological polar surface area (TPSA) is 66.0 Å². The van der Waals surface area contributed by atoms with Crippen LogP contribution in [-0.4, -0.2) is 49.6 Å². The monoisotopic (exact) mass is 346 g/mol. The summed E-state index contributed by atoms with van der Waals surface area (Å²) in [5, 5.41) is 6.48. The molecule has 2 rings (SSSR count). The number of carbonyl (C=O) groups excluding carboxylic acids is 1. The maximum Gasteiger partial charge on any atom is 0.223 e. The summed E-state index contributed by atoms with van der Waals surface area (Å²) in [5.74, 6) is 0.938. The van der Waals surface area contributed by atoms with Gasteiger partial charge in [-0.25, -0.2) is 0 Å². The van der Waals surface area contributed by atoms with Crippen LogP contribution >= 0.6 is 0 Å². The number of hydrogen-bond acceptors (Lipinski definition) is 3. The van der Waals surface area contributed by atoms with Gasteiger partial charge in [-0.15, -0.1) is 0 Å². The Bertz CT molecular complexity index is 588. The molecule has 1 amide bonds. The van der Waals surface area contributed by atoms with Crippen molar-refractivity contribution in [3.05, 3.63) is 35.4 Å². The van der Waals surface area contributed by atoms with Crippen LogP contribution in [0.3, 0.4) is 0 Å². The van der Waals surface area contributed by atoms with Crippen LogP contribution in [0.25, 0.3) is 0 Å². The second-order valence-electron chi connectivity index (χ2n) is 6.94. The first-order valence-corrected chi connectivity index (χ1v) is 8.79. The highest BCUT2D eigenvalue weighted by Crippen LogP contribution is 2.22. The van der Waals surface area contributed by atoms with Gasteiger partial charge in [-0.3, -0.25) is 9.79 Å². The number of rotatable bonds is 7. The molecular weight excluding hydrogens is 316 g/mol. The van der Waals surface area contributed by atoms with Gasteiger partial charge >= 0.3 is 0 Å². The van der Waals surface area contributed by atoms with E-state index in [-0.39, 0.29) is 11.5 Å². The molecule has 1 aliphatic rings. The quantitative estimate of drug-likeness (QED) is 0.450. The number of guanidine groups is 1. The first kappa shape index (κ1) is 19.2. The Morgan fingerprint density at radius 1 is 1.24 bits per heavy atom. The number of nitrogens with zero attached hydrogens (tertiary/aromatic N) is 2. The lowest BCUT2D eigenvalue weighted by Crippen LogP contribution is -2.45. The number of ether oxygens (including phenoxy) is 1. The van der Waals surface area contributed by atoms with Crippen LogP contribution in [0.4, 0.5) is 0 Å². The summed E-state index contributed by atoms with van der Waals surface area (Å²) in [5.41, 5.74) is 2.27. The van der Waals surface area contributed by atoms with E-state index in [2.05, 4.69) is 27.8 Å². The molecule has 6 nitrogen and oxygen atoms in total. The molecule has 0 atom stereocenters. The van der Waals surface area contributed by atoms with Gasteiger partial charge < -0.3 is 20.3 Å². The molecule has 0 aromatic heterocycles. The summed E-state index contributed by atoms with van der Waals surface area (Å²) in [4.78, 5) is 18.5. The number of carbonyl (C=O) groups is 1. The molecule has 0 unspecified atom stereocenters. The predicted octanol–water partition coefficient (Wildman–Crippen LogP) is 1.90. The van der Waals surface area contributed by atoms with Crippen LogP contribution in [0.1, 0.15) is 37.8 Å². The van der Waals surface area contributed by atoms with E-state index in [1.807, 2.05) is 30.9 Å². The molecule has 0 radical (unpaired) electrons. The molecule has 1 aromatic carbocycles. The fourth-order valence-electron chi connectivity index (χ4n) is 2.70. The minimum Gasteiger partial charge on any atom is -0.377 e. The van der Waals surface area contributed by atoms with Crippen LogP contribution in [0.15, 0.2) is 29.3 Å². The lowest BCUT2D eigenvalue weighted by atomic mass is 10.1. The van der Waals surface area contributed by atoms with Crippen molar-refractivity contribution in [2.24, 2.45) is 4.99 Å². The number of aliphatic imine (C=N–C) groups is 1. The van der Waals surface area contributed by atoms with E-state index in [4.69, 9.17) is 4.74 Å². The van der Waals surface area contributed by atoms with E-state index in [0.29, 0.717) is 19.5 Å². The molecule has 0 fully saturated rings. The summed E-state index contributed by atoms with van der Waals surface area (Å²) < 4.78 is 5.38. The second kappa shape index (κ2) is 8.85. The van der Waals surface area contributed by atoms with Crippen molar-refractivity contribution in [3.8, 4) is 0 Å². The summed E-state index contributed by atoms with van der Waals surface area (Å²) in [6.07, 6.45) is 1.32. The predicted molar refractivity (Wildman–Crippen MR) is 100 cm³/mol. The van der Waals surface area contributed by atoms with Crippen LogP contribution in [0.2, 0.25) is 0 Å². The highest BCUT2D eigenvalue weighted by atomic mass is 16.5. The van der Waals surface area contributed by atoms with E-state index >= 15 is 0 Å². The smallest absolute Gasteiger partial charge is 0.223 e. The van der Waals surface area contributed by atoms with Crippen LogP contribution in [0.5, 0.6) is 0 Å². The third-order valence-corrected chi connectivity index (χ3v) is 4.51. The maximum atomic E-state index is 12.4. The first-order valence-electron chi connectivity index (χ1n) is 8.79. The third kappa shape index (κ3) is 5.74. The molecule has 0 aliphatic carbocycles. The SMILES string of the molecule is CN=C(NCCCC(=O)N1Cc2ccccc2C1)NCC(C)(C)OC. The standard InChI is InChI=1S/C19H30N4O2/c1-19(2,25-4)14-22-18(20-3)21-11-7-10-17(24)23-12-15-8-5-6-9-16(15)13-23/h5-6,8-9H,7,10-14H2,1-4H3,(H2,20,21,22). The minimum absolute atomic E-state index is 0.210. The zero-order valence-electron chi connectivity index (χ0n) is 15.8. The van der Waals surface area contributed by atoms with Gasteiger partial charge in [0.1, 0.15) is 0 Å². The van der Waals surface area contributed by atoms with Crippen molar-refractivity contribution in [1.29, 1.82) is 0 Å². The average Bonchev–Trinajstić information content (AvgIpc) is 3.05. The lowest BCUT2D eigenvalue weighted by Gasteiger charge is -2.24. The zero-order valence-corrected chi connectivity index (χ0v) is 15.8. The van der Waals surface area contributed by atoms with Crippen LogP contribution in [0, 0.1) is 0 Å². The number of fused-ring (bicyclic) bond motifs is 1. The van der Waals surface area contributed by atoms with Crippen molar-refractivity contribution < 1.29 is 9.53 Å². The van der Waals surface area contributed by atoms with Gasteiger partial charge in [0.15, 0.2) is 5.96 Å². The van der Waals surface area contributed by atoms with Gasteiger partial charge in [0.2, 0.25) is 5.91 Å². The summed E-state index contributed by atoms with van der Waals surface area (Å²) in [6, 6.07) is 8.25. The molecule has 0 saturated heterocycles. The Morgan fingerprint density at radius 3 is 2.44 bits per heavy atom. The number of methoxy groups -OCH3 is 1. The van der Waals surface area contributed by atoms with Gasteiger partial charge in [0.25, 0.3) is 0 Å². The van der Waals surface area contributed by atoms with E-state index in [0.717, 1.165) is 25.5 Å². The maximum absolute atomic E-state index is 12.4. The van der Waals surface area contributed by atoms with Gasteiger partial charge in [-0.1, -0.05) is 24.3 Å². The molecule has 1 heterocycles. The van der Waals surface area contributed by atoms with Gasteiger partial charge in [-0.2, -0.15) is 0 Å². The van der Waals surface area contributed by atoms with E-state index in [1.54, 1.807) is 14.2 Å². The van der Waals surface area contributed by atoms with Gasteiger partial charge in [0, 0.05) is 46.8 Å². The van der Waals surface area contributed by atoms with Gasteiger partial charge in [0.05, 0.1) is 5.60 Å². The van der Waals surface area contributed by atoms with Crippen LogP contribution < -0.4 is 10.6 Å². The van der Waals surface area contributed by atoms with E-state index in [1.165, 1.54) is 11.1 Å². The zero-order chi connectivity index (χ0) is 18.3. The molecular formula is C19H30N4O2. The number of nitrogens with one attached hydrogen (secondary N) is 2. The Morgan fingerprint density at radius 2 is 1.88 bits per heavy atom. The molecule has 1 aromatic rings. The van der Waals surface area contributed by atoms with Crippen molar-refractivity contribution >= 4 is 11.9 Å². The van der Waals surface area contributed by atoms with E-state index in [9.17, 15) is 4.79 Å². The summed E-state index contributed by atoms with van der Waals surface area (Å²) in [6.45, 7) is 6.86. The van der Waals surface area contributed by atoms with Gasteiger partial charge in [-0.05, 0) is 31.4 Å². The van der Waals surface area contributed by atoms with Crippen molar-refractivity contribution in [1.82, 2.24) is 15.5 Å². The Labute approximate surface area is 150 Å². The second-order valence-corrected chi connectivity index (χ2v) is 6.94. The fraction of sp³-hybridized carbons (Fsp3) is 0.579. The lowest BCUT2D eigenvalue weighted by molar-refractivity contribution is -0.131. The molecule has 6 heteroatoms. The highest BCUT2D eigenvalue weighted by Gasteiger charge is 2.22. The number of benzene rings is 1. The normalized spacial score (nSPS) is 14.4. The summed E-state index contributed by atoms with van der Waals surface area (Å²) >= 11 is 0. The van der Waals surface area contributed by atoms with E-state index < -0.39 is 0 Å². The Hall–Kier alpha value is -2.08. The molecule has 138 valence electrons. The largest absolute Gasteiger partial charge is 0.377 e. The molecule has 2 N–H and O–H groups in total. The average molecular weight is 346 g/mol. The molecule has 0 bridgehead atoms. The minimum atomic E-state index is -0.252. The van der Waals surface area contributed by atoms with Crippen molar-refractivity contribution in [2.45, 2.75) is 45.4 Å².